The maximum atomic E-state index is 11.7. The van der Waals surface area contributed by atoms with Gasteiger partial charge in [0.2, 0.25) is 0 Å². The minimum atomic E-state index is -3.29. The molecule has 68 valence electrons. The third-order valence-electron chi connectivity index (χ3n) is 0.495. The van der Waals surface area contributed by atoms with E-state index in [-0.39, 0.29) is 0 Å². The number of hydrogen-bond acceptors (Lipinski definition) is 3. The van der Waals surface area contributed by atoms with Gasteiger partial charge in [-0.3, -0.25) is 0 Å². The Labute approximate surface area is 65.2 Å². The monoisotopic (exact) mass is 205 g/mol. The molecule has 0 saturated heterocycles. The Kier molecular flexibility index (Phi) is 5.03. The summed E-state index contributed by atoms with van der Waals surface area (Å²) in [5.41, 5.74) is 0. The Bertz CT molecular complexity index is 204. The number of hydrogen-bond donors (Lipinski definition) is 0. The third kappa shape index (κ3) is 4.68. The molecule has 0 atom stereocenters. The Morgan fingerprint density at radius 3 is 1.67 bits per heavy atom. The van der Waals surface area contributed by atoms with Crippen molar-refractivity contribution < 1.29 is 31.2 Å². The van der Waals surface area contributed by atoms with Crippen LogP contribution in [0.3, 0.4) is 0 Å². The van der Waals surface area contributed by atoms with Crippen LogP contribution in [0.5, 0.6) is 0 Å². The molecule has 0 aromatic heterocycles. The highest BCUT2D eigenvalue weighted by Crippen LogP contribution is 2.31. The third-order valence-corrected chi connectivity index (χ3v) is 1.14. The van der Waals surface area contributed by atoms with Crippen molar-refractivity contribution >= 4 is 8.25 Å². The number of rotatable bonds is 4. The fourth-order valence-electron chi connectivity index (χ4n) is 0.201. The Balaban J connectivity index is 3.91. The van der Waals surface area contributed by atoms with Gasteiger partial charge in [-0.2, -0.15) is 17.8 Å². The van der Waals surface area contributed by atoms with E-state index in [0.717, 1.165) is 0 Å². The summed E-state index contributed by atoms with van der Waals surface area (Å²) in [7, 11) is -3.29. The van der Waals surface area contributed by atoms with Crippen LogP contribution in [0.1, 0.15) is 0 Å². The van der Waals surface area contributed by atoms with Gasteiger partial charge in [0.25, 0.3) is 0 Å². The van der Waals surface area contributed by atoms with E-state index in [0.29, 0.717) is 0 Å². The predicted molar refractivity (Wildman–Crippen MR) is 30.4 cm³/mol. The van der Waals surface area contributed by atoms with Crippen molar-refractivity contribution in [2.24, 2.45) is 0 Å². The molecule has 0 spiro atoms. The first-order valence-corrected chi connectivity index (χ1v) is 3.44. The largest absolute Gasteiger partial charge is 0.810 e. The van der Waals surface area contributed by atoms with E-state index < -0.39 is 32.9 Å². The molecule has 0 aromatic carbocycles. The first-order chi connectivity index (χ1) is 5.60. The molecule has 3 nitrogen and oxygen atoms in total. The first kappa shape index (κ1) is 10.9. The summed E-state index contributed by atoms with van der Waals surface area (Å²) < 4.78 is 62.7. The first-order valence-electron chi connectivity index (χ1n) is 2.35. The average Bonchev–Trinajstić information content (AvgIpc) is 2.03. The van der Waals surface area contributed by atoms with E-state index in [2.05, 4.69) is 9.05 Å². The van der Waals surface area contributed by atoms with E-state index in [9.17, 15) is 22.1 Å². The lowest BCUT2D eigenvalue weighted by Crippen LogP contribution is -1.79. The van der Waals surface area contributed by atoms with Crippen molar-refractivity contribution in [2.75, 3.05) is 0 Å². The van der Waals surface area contributed by atoms with Crippen LogP contribution in [0.15, 0.2) is 24.7 Å². The molecule has 0 aliphatic carbocycles. The molecule has 0 aliphatic heterocycles. The summed E-state index contributed by atoms with van der Waals surface area (Å²) >= 11 is 0. The highest BCUT2D eigenvalue weighted by atomic mass is 31.1. The predicted octanol–water partition coefficient (Wildman–Crippen LogP) is 3.15. The SMILES string of the molecule is O=[P+](O/C(F)=C/F)O/C(F)=C/F. The van der Waals surface area contributed by atoms with Crippen LogP contribution in [-0.4, -0.2) is 0 Å². The Hall–Kier alpha value is -1.10. The molecule has 0 radical (unpaired) electrons. The molecule has 0 heterocycles. The molecule has 0 fully saturated rings. The molecule has 8 heteroatoms. The zero-order valence-corrected chi connectivity index (χ0v) is 6.23. The van der Waals surface area contributed by atoms with E-state index in [1.54, 1.807) is 0 Å². The van der Waals surface area contributed by atoms with Gasteiger partial charge in [-0.25, -0.2) is 8.78 Å². The lowest BCUT2D eigenvalue weighted by Gasteiger charge is -1.83. The van der Waals surface area contributed by atoms with Crippen molar-refractivity contribution in [3.05, 3.63) is 24.7 Å². The molecular formula is C4H2F4O3P+. The Morgan fingerprint density at radius 1 is 1.08 bits per heavy atom. The van der Waals surface area contributed by atoms with E-state index in [1.165, 1.54) is 0 Å². The molecule has 0 amide bonds. The molecule has 0 rings (SSSR count). The smallest absolute Gasteiger partial charge is 0.209 e. The van der Waals surface area contributed by atoms with E-state index in [1.807, 2.05) is 0 Å². The van der Waals surface area contributed by atoms with Crippen LogP contribution >= 0.6 is 8.25 Å². The highest BCUT2D eigenvalue weighted by Gasteiger charge is 2.27. The van der Waals surface area contributed by atoms with Gasteiger partial charge >= 0.3 is 20.3 Å². The van der Waals surface area contributed by atoms with Gasteiger partial charge in [-0.15, -0.1) is 0 Å². The molecule has 0 aromatic rings. The lowest BCUT2D eigenvalue weighted by atomic mass is 11.1. The molecule has 0 saturated carbocycles. The summed E-state index contributed by atoms with van der Waals surface area (Å²) in [6.07, 6.45) is -1.32. The van der Waals surface area contributed by atoms with Gasteiger partial charge in [0.05, 0.1) is 0 Å². The molecular weight excluding hydrogens is 203 g/mol. The molecule has 0 aliphatic rings. The topological polar surface area (TPSA) is 35.5 Å². The Morgan fingerprint density at radius 2 is 1.42 bits per heavy atom. The van der Waals surface area contributed by atoms with Gasteiger partial charge in [0, 0.05) is 4.57 Å². The van der Waals surface area contributed by atoms with Crippen molar-refractivity contribution in [3.8, 4) is 0 Å². The minimum Gasteiger partial charge on any atom is -0.209 e. The summed E-state index contributed by atoms with van der Waals surface area (Å²) in [6.45, 7) is 0. The second kappa shape index (κ2) is 5.54. The van der Waals surface area contributed by atoms with Crippen LogP contribution in [0.25, 0.3) is 0 Å². The number of halogens is 4. The standard InChI is InChI=1S/C4H2F4O3P/c5-1-3(7)10-12(9)11-4(8)2-6/h1-2H/q+1/b3-1+,4-2+. The van der Waals surface area contributed by atoms with Crippen molar-refractivity contribution in [1.82, 2.24) is 0 Å². The van der Waals surface area contributed by atoms with Crippen LogP contribution in [0, 0.1) is 0 Å². The lowest BCUT2D eigenvalue weighted by molar-refractivity contribution is 0.218. The fraction of sp³-hybridized carbons (Fsp3) is 0. The highest BCUT2D eigenvalue weighted by molar-refractivity contribution is 7.33. The summed E-state index contributed by atoms with van der Waals surface area (Å²) in [6, 6.07) is -3.72. The van der Waals surface area contributed by atoms with E-state index >= 15 is 0 Å². The van der Waals surface area contributed by atoms with Crippen LogP contribution in [0.2, 0.25) is 0 Å². The average molecular weight is 205 g/mol. The van der Waals surface area contributed by atoms with Crippen LogP contribution < -0.4 is 0 Å². The fourth-order valence-corrected chi connectivity index (χ4v) is 0.603. The van der Waals surface area contributed by atoms with Crippen molar-refractivity contribution in [1.29, 1.82) is 0 Å². The van der Waals surface area contributed by atoms with Gasteiger partial charge in [-0.05, 0) is 0 Å². The molecule has 0 N–H and O–H groups in total. The maximum Gasteiger partial charge on any atom is 0.810 e. The molecule has 0 bridgehead atoms. The zero-order valence-electron chi connectivity index (χ0n) is 5.34. The summed E-state index contributed by atoms with van der Waals surface area (Å²) in [4.78, 5) is 0. The van der Waals surface area contributed by atoms with Crippen molar-refractivity contribution in [2.45, 2.75) is 0 Å². The molecule has 0 unspecified atom stereocenters. The normalized spacial score (nSPS) is 12.7. The van der Waals surface area contributed by atoms with Gasteiger partial charge < -0.3 is 0 Å². The van der Waals surface area contributed by atoms with Gasteiger partial charge in [-0.1, -0.05) is 0 Å². The summed E-state index contributed by atoms with van der Waals surface area (Å²) in [5.74, 6) is 0. The zero-order chi connectivity index (χ0) is 9.56. The van der Waals surface area contributed by atoms with Crippen LogP contribution in [-0.2, 0) is 13.6 Å². The second-order valence-electron chi connectivity index (χ2n) is 1.23. The van der Waals surface area contributed by atoms with E-state index in [4.69, 9.17) is 0 Å². The minimum absolute atomic E-state index is 0.659. The second-order valence-corrected chi connectivity index (χ2v) is 2.04. The van der Waals surface area contributed by atoms with Gasteiger partial charge in [0.15, 0.2) is 12.7 Å². The van der Waals surface area contributed by atoms with Gasteiger partial charge in [0.1, 0.15) is 0 Å². The molecule has 12 heavy (non-hydrogen) atoms. The summed E-state index contributed by atoms with van der Waals surface area (Å²) in [5, 5.41) is 0. The van der Waals surface area contributed by atoms with Crippen molar-refractivity contribution in [3.63, 3.8) is 0 Å². The maximum absolute atomic E-state index is 11.7. The van der Waals surface area contributed by atoms with Crippen LogP contribution in [0.4, 0.5) is 17.6 Å². The quantitative estimate of drug-likeness (QED) is 0.401.